The van der Waals surface area contributed by atoms with Gasteiger partial charge < -0.3 is 4.55 Å². The predicted molar refractivity (Wildman–Crippen MR) is 43.4 cm³/mol. The number of hydrogen-bond donors (Lipinski definition) is 1. The van der Waals surface area contributed by atoms with E-state index in [2.05, 4.69) is 0 Å². The Kier molecular flexibility index (Phi) is 2.71. The second-order valence-corrected chi connectivity index (χ2v) is 4.23. The number of hydrogen-bond acceptors (Lipinski definition) is 2. The fourth-order valence-corrected chi connectivity index (χ4v) is 2.76. The van der Waals surface area contributed by atoms with Gasteiger partial charge in [0.2, 0.25) is 0 Å². The van der Waals surface area contributed by atoms with Gasteiger partial charge in [-0.2, -0.15) is 0 Å². The molecule has 1 heterocycles. The average Bonchev–Trinajstić information content (AvgIpc) is 2.11. The van der Waals surface area contributed by atoms with Crippen molar-refractivity contribution in [3.05, 3.63) is 14.7 Å². The second kappa shape index (κ2) is 3.19. The first-order chi connectivity index (χ1) is 4.63. The van der Waals surface area contributed by atoms with Crippen LogP contribution in [0.3, 0.4) is 0 Å². The molecule has 1 N–H and O–H groups in total. The smallest absolute Gasteiger partial charge is 0.190 e. The van der Waals surface area contributed by atoms with Crippen LogP contribution < -0.4 is 0 Å². The van der Waals surface area contributed by atoms with Crippen molar-refractivity contribution < 1.29 is 8.76 Å². The van der Waals surface area contributed by atoms with Crippen LogP contribution >= 0.6 is 34.5 Å². The van der Waals surface area contributed by atoms with Crippen LogP contribution in [0.5, 0.6) is 0 Å². The van der Waals surface area contributed by atoms with Gasteiger partial charge in [0.15, 0.2) is 11.1 Å². The Balaban J connectivity index is 3.23. The molecule has 0 fully saturated rings. The minimum absolute atomic E-state index is 0.105. The Labute approximate surface area is 74.1 Å². The molecule has 1 atom stereocenters. The Hall–Kier alpha value is 0.390. The van der Waals surface area contributed by atoms with Crippen molar-refractivity contribution >= 4 is 45.6 Å². The summed E-state index contributed by atoms with van der Waals surface area (Å²) in [5.41, 5.74) is 0. The highest BCUT2D eigenvalue weighted by atomic mass is 35.5. The molecule has 0 saturated carbocycles. The topological polar surface area (TPSA) is 37.3 Å². The summed E-state index contributed by atoms with van der Waals surface area (Å²) >= 11 is 10.1. The lowest BCUT2D eigenvalue weighted by Gasteiger charge is -1.89. The third kappa shape index (κ3) is 1.52. The molecule has 0 aliphatic rings. The summed E-state index contributed by atoms with van der Waals surface area (Å²) in [6.07, 6.45) is 0. The Morgan fingerprint density at radius 2 is 2.20 bits per heavy atom. The summed E-state index contributed by atoms with van der Waals surface area (Å²) < 4.78 is 19.3. The molecule has 0 spiro atoms. The molecule has 1 rings (SSSR count). The van der Waals surface area contributed by atoms with E-state index in [9.17, 15) is 4.21 Å². The number of thiophene rings is 1. The molecule has 1 aromatic rings. The first-order valence-corrected chi connectivity index (χ1v) is 4.90. The summed E-state index contributed by atoms with van der Waals surface area (Å²) in [4.78, 5) is 0.105. The van der Waals surface area contributed by atoms with E-state index in [1.165, 1.54) is 5.38 Å². The summed E-state index contributed by atoms with van der Waals surface area (Å²) in [6, 6.07) is 0. The van der Waals surface area contributed by atoms with Gasteiger partial charge in [-0.15, -0.1) is 11.3 Å². The molecule has 1 unspecified atom stereocenters. The lowest BCUT2D eigenvalue weighted by Crippen LogP contribution is -1.85. The van der Waals surface area contributed by atoms with Crippen molar-refractivity contribution in [1.29, 1.82) is 0 Å². The molecule has 0 saturated heterocycles. The standard InChI is InChI=1S/C4H2Cl2O2S2/c5-2-1-9-4(6)3(2)10(7)8/h1H,(H,7,8). The van der Waals surface area contributed by atoms with E-state index in [0.717, 1.165) is 11.3 Å². The van der Waals surface area contributed by atoms with Crippen LogP contribution in [0.4, 0.5) is 0 Å². The van der Waals surface area contributed by atoms with Crippen LogP contribution in [-0.4, -0.2) is 8.76 Å². The molecule has 0 bridgehead atoms. The molecule has 1 aromatic heterocycles. The van der Waals surface area contributed by atoms with Gasteiger partial charge in [0.05, 0.1) is 5.02 Å². The second-order valence-electron chi connectivity index (χ2n) is 1.44. The fraction of sp³-hybridized carbons (Fsp3) is 0. The molecule has 0 radical (unpaired) electrons. The van der Waals surface area contributed by atoms with Gasteiger partial charge in [-0.3, -0.25) is 0 Å². The van der Waals surface area contributed by atoms with Crippen LogP contribution in [0.1, 0.15) is 0 Å². The van der Waals surface area contributed by atoms with E-state index >= 15 is 0 Å². The van der Waals surface area contributed by atoms with Crippen molar-refractivity contribution in [2.75, 3.05) is 0 Å². The van der Waals surface area contributed by atoms with Crippen molar-refractivity contribution in [1.82, 2.24) is 0 Å². The quantitative estimate of drug-likeness (QED) is 0.734. The molecule has 2 nitrogen and oxygen atoms in total. The normalized spacial score (nSPS) is 13.5. The summed E-state index contributed by atoms with van der Waals surface area (Å²) in [6.45, 7) is 0. The maximum Gasteiger partial charge on any atom is 0.190 e. The van der Waals surface area contributed by atoms with Gasteiger partial charge in [0.1, 0.15) is 9.23 Å². The zero-order chi connectivity index (χ0) is 7.72. The zero-order valence-corrected chi connectivity index (χ0v) is 7.65. The molecular weight excluding hydrogens is 215 g/mol. The van der Waals surface area contributed by atoms with Crippen LogP contribution in [0.2, 0.25) is 9.36 Å². The SMILES string of the molecule is O=S(O)c1c(Cl)csc1Cl. The maximum atomic E-state index is 10.5. The predicted octanol–water partition coefficient (Wildman–Crippen LogP) is 2.64. The highest BCUT2D eigenvalue weighted by Gasteiger charge is 2.12. The summed E-state index contributed by atoms with van der Waals surface area (Å²) in [7, 11) is 0. The lowest BCUT2D eigenvalue weighted by atomic mass is 10.7. The minimum Gasteiger partial charge on any atom is -0.302 e. The maximum absolute atomic E-state index is 10.5. The van der Waals surface area contributed by atoms with Crippen LogP contribution in [0.25, 0.3) is 0 Å². The van der Waals surface area contributed by atoms with Gasteiger partial charge in [0, 0.05) is 5.38 Å². The average molecular weight is 217 g/mol. The molecule has 6 heteroatoms. The van der Waals surface area contributed by atoms with Gasteiger partial charge in [0.25, 0.3) is 0 Å². The Bertz CT molecular complexity index is 251. The lowest BCUT2D eigenvalue weighted by molar-refractivity contribution is 0.565. The molecule has 0 aromatic carbocycles. The molecule has 56 valence electrons. The van der Waals surface area contributed by atoms with E-state index in [0.29, 0.717) is 0 Å². The van der Waals surface area contributed by atoms with E-state index in [1.54, 1.807) is 0 Å². The molecule has 0 aliphatic carbocycles. The van der Waals surface area contributed by atoms with Gasteiger partial charge in [-0.25, -0.2) is 4.21 Å². The van der Waals surface area contributed by atoms with E-state index in [-0.39, 0.29) is 14.3 Å². The van der Waals surface area contributed by atoms with Gasteiger partial charge in [-0.1, -0.05) is 23.2 Å². The highest BCUT2D eigenvalue weighted by Crippen LogP contribution is 2.33. The number of halogens is 2. The first kappa shape index (κ1) is 8.49. The minimum atomic E-state index is -2.07. The fourth-order valence-electron chi connectivity index (χ4n) is 0.456. The van der Waals surface area contributed by atoms with Crippen molar-refractivity contribution in [2.45, 2.75) is 4.90 Å². The third-order valence-corrected chi connectivity index (χ3v) is 3.61. The largest absolute Gasteiger partial charge is 0.302 e. The summed E-state index contributed by atoms with van der Waals surface area (Å²) in [5, 5.41) is 1.77. The monoisotopic (exact) mass is 216 g/mol. The molecule has 0 amide bonds. The van der Waals surface area contributed by atoms with E-state index < -0.39 is 11.1 Å². The molecule has 10 heavy (non-hydrogen) atoms. The van der Waals surface area contributed by atoms with Crippen molar-refractivity contribution in [2.24, 2.45) is 0 Å². The molecule has 0 aliphatic heterocycles. The highest BCUT2D eigenvalue weighted by molar-refractivity contribution is 7.79. The van der Waals surface area contributed by atoms with E-state index in [4.69, 9.17) is 27.8 Å². The zero-order valence-electron chi connectivity index (χ0n) is 4.51. The first-order valence-electron chi connectivity index (χ1n) is 2.16. The van der Waals surface area contributed by atoms with Gasteiger partial charge >= 0.3 is 0 Å². The van der Waals surface area contributed by atoms with Crippen LogP contribution in [0, 0.1) is 0 Å². The van der Waals surface area contributed by atoms with Crippen molar-refractivity contribution in [3.63, 3.8) is 0 Å². The van der Waals surface area contributed by atoms with Crippen LogP contribution in [-0.2, 0) is 11.1 Å². The van der Waals surface area contributed by atoms with Gasteiger partial charge in [-0.05, 0) is 0 Å². The van der Waals surface area contributed by atoms with Crippen LogP contribution in [0.15, 0.2) is 10.3 Å². The third-order valence-electron chi connectivity index (χ3n) is 0.836. The Morgan fingerprint density at radius 3 is 2.40 bits per heavy atom. The van der Waals surface area contributed by atoms with Crippen molar-refractivity contribution in [3.8, 4) is 0 Å². The van der Waals surface area contributed by atoms with E-state index in [1.807, 2.05) is 0 Å². The Morgan fingerprint density at radius 1 is 1.60 bits per heavy atom. The molecular formula is C4H2Cl2O2S2. The summed E-state index contributed by atoms with van der Waals surface area (Å²) in [5.74, 6) is 0. The number of rotatable bonds is 1.